The molecule has 0 amide bonds. The molecule has 1 rings (SSSR count). The molecule has 0 unspecified atom stereocenters. The molecule has 0 bridgehead atoms. The van der Waals surface area contributed by atoms with Gasteiger partial charge in [0.1, 0.15) is 0 Å². The molecule has 0 radical (unpaired) electrons. The lowest BCUT2D eigenvalue weighted by molar-refractivity contribution is 0.647. The molecule has 16 heavy (non-hydrogen) atoms. The summed E-state index contributed by atoms with van der Waals surface area (Å²) in [6.07, 6.45) is 2.45. The third-order valence-electron chi connectivity index (χ3n) is 1.73. The zero-order chi connectivity index (χ0) is 11.0. The molecular formula is C14H28O2. The van der Waals surface area contributed by atoms with Crippen molar-refractivity contribution >= 4 is 0 Å². The molecule has 0 atom stereocenters. The van der Waals surface area contributed by atoms with E-state index in [0.29, 0.717) is 0 Å². The highest BCUT2D eigenvalue weighted by molar-refractivity contribution is 5.22. The standard InChI is InChI=1S/C11H16.C3H8.2H2O/c1-9(2)7-11-6-4-5-10(3)8-11;1-3-2;;/h4-6,8-9H,7H2,1-3H3;3H2,1-2H3;2*1H2. The van der Waals surface area contributed by atoms with Gasteiger partial charge in [0.2, 0.25) is 0 Å². The molecule has 0 saturated carbocycles. The maximum Gasteiger partial charge on any atom is -0.0256 e. The third kappa shape index (κ3) is 11.2. The van der Waals surface area contributed by atoms with E-state index in [-0.39, 0.29) is 11.0 Å². The quantitative estimate of drug-likeness (QED) is 0.747. The van der Waals surface area contributed by atoms with E-state index in [1.165, 1.54) is 24.0 Å². The van der Waals surface area contributed by atoms with Crippen LogP contribution in [0.25, 0.3) is 0 Å². The number of benzene rings is 1. The van der Waals surface area contributed by atoms with Crippen LogP contribution < -0.4 is 0 Å². The molecule has 0 heterocycles. The van der Waals surface area contributed by atoms with Gasteiger partial charge in [-0.1, -0.05) is 63.9 Å². The molecule has 0 spiro atoms. The smallest absolute Gasteiger partial charge is 0.0256 e. The van der Waals surface area contributed by atoms with Crippen LogP contribution in [-0.4, -0.2) is 11.0 Å². The van der Waals surface area contributed by atoms with E-state index in [1.807, 2.05) is 0 Å². The Kier molecular flexibility index (Phi) is 15.7. The lowest BCUT2D eigenvalue weighted by Gasteiger charge is -2.04. The minimum atomic E-state index is 0. The minimum Gasteiger partial charge on any atom is -0.412 e. The Bertz CT molecular complexity index is 244. The van der Waals surface area contributed by atoms with E-state index in [2.05, 4.69) is 58.9 Å². The SMILES string of the molecule is CCC.Cc1cccc(CC(C)C)c1.O.O. The van der Waals surface area contributed by atoms with Crippen molar-refractivity contribution in [3.63, 3.8) is 0 Å². The van der Waals surface area contributed by atoms with Crippen LogP contribution >= 0.6 is 0 Å². The number of rotatable bonds is 2. The molecule has 0 aromatic heterocycles. The molecule has 2 heteroatoms. The average molecular weight is 228 g/mol. The highest BCUT2D eigenvalue weighted by Crippen LogP contribution is 2.09. The van der Waals surface area contributed by atoms with Gasteiger partial charge in [0, 0.05) is 0 Å². The molecular weight excluding hydrogens is 200 g/mol. The first-order valence-electron chi connectivity index (χ1n) is 5.65. The molecule has 2 nitrogen and oxygen atoms in total. The van der Waals surface area contributed by atoms with Crippen LogP contribution in [0.4, 0.5) is 0 Å². The topological polar surface area (TPSA) is 63.0 Å². The summed E-state index contributed by atoms with van der Waals surface area (Å²) in [6, 6.07) is 8.74. The van der Waals surface area contributed by atoms with E-state index >= 15 is 0 Å². The lowest BCUT2D eigenvalue weighted by Crippen LogP contribution is -1.93. The average Bonchev–Trinajstić information content (AvgIpc) is 2.03. The first kappa shape index (κ1) is 20.5. The number of hydrogen-bond donors (Lipinski definition) is 0. The predicted octanol–water partition coefficient (Wildman–Crippen LogP) is 2.96. The van der Waals surface area contributed by atoms with Crippen molar-refractivity contribution in [3.05, 3.63) is 35.4 Å². The zero-order valence-corrected chi connectivity index (χ0v) is 11.3. The van der Waals surface area contributed by atoms with Crippen molar-refractivity contribution in [1.29, 1.82) is 0 Å². The van der Waals surface area contributed by atoms with Gasteiger partial charge in [0.25, 0.3) is 0 Å². The van der Waals surface area contributed by atoms with Crippen molar-refractivity contribution in [2.45, 2.75) is 47.5 Å². The summed E-state index contributed by atoms with van der Waals surface area (Å²) < 4.78 is 0. The Balaban J connectivity index is -0.000000306. The van der Waals surface area contributed by atoms with Crippen LogP contribution in [0.2, 0.25) is 0 Å². The Hall–Kier alpha value is -0.860. The van der Waals surface area contributed by atoms with Gasteiger partial charge in [-0.2, -0.15) is 0 Å². The van der Waals surface area contributed by atoms with E-state index in [4.69, 9.17) is 0 Å². The van der Waals surface area contributed by atoms with Crippen molar-refractivity contribution < 1.29 is 11.0 Å². The van der Waals surface area contributed by atoms with Gasteiger partial charge < -0.3 is 11.0 Å². The Morgan fingerprint density at radius 2 is 1.56 bits per heavy atom. The van der Waals surface area contributed by atoms with Gasteiger partial charge in [-0.05, 0) is 24.8 Å². The van der Waals surface area contributed by atoms with E-state index in [1.54, 1.807) is 0 Å². The fraction of sp³-hybridized carbons (Fsp3) is 0.571. The van der Waals surface area contributed by atoms with Gasteiger partial charge in [-0.25, -0.2) is 0 Å². The normalized spacial score (nSPS) is 8.38. The molecule has 4 N–H and O–H groups in total. The summed E-state index contributed by atoms with van der Waals surface area (Å²) in [5, 5.41) is 0. The van der Waals surface area contributed by atoms with Crippen molar-refractivity contribution in [2.75, 3.05) is 0 Å². The fourth-order valence-electron chi connectivity index (χ4n) is 1.31. The van der Waals surface area contributed by atoms with Gasteiger partial charge in [0.15, 0.2) is 0 Å². The van der Waals surface area contributed by atoms with E-state index in [9.17, 15) is 0 Å². The predicted molar refractivity (Wildman–Crippen MR) is 72.9 cm³/mol. The Morgan fingerprint density at radius 1 is 1.06 bits per heavy atom. The maximum absolute atomic E-state index is 2.26. The van der Waals surface area contributed by atoms with Crippen molar-refractivity contribution in [1.82, 2.24) is 0 Å². The molecule has 1 aromatic carbocycles. The summed E-state index contributed by atoms with van der Waals surface area (Å²) in [5.41, 5.74) is 2.82. The first-order chi connectivity index (χ1) is 6.60. The fourth-order valence-corrected chi connectivity index (χ4v) is 1.31. The molecule has 1 aromatic rings. The second-order valence-electron chi connectivity index (χ2n) is 4.29. The Labute approximate surface area is 100 Å². The zero-order valence-electron chi connectivity index (χ0n) is 11.3. The van der Waals surface area contributed by atoms with Gasteiger partial charge in [0.05, 0.1) is 0 Å². The summed E-state index contributed by atoms with van der Waals surface area (Å²) in [5.74, 6) is 0.761. The summed E-state index contributed by atoms with van der Waals surface area (Å²) in [4.78, 5) is 0. The van der Waals surface area contributed by atoms with Crippen LogP contribution in [0.15, 0.2) is 24.3 Å². The lowest BCUT2D eigenvalue weighted by atomic mass is 10.0. The molecule has 0 fully saturated rings. The van der Waals surface area contributed by atoms with Crippen molar-refractivity contribution in [3.8, 4) is 0 Å². The molecule has 96 valence electrons. The second kappa shape index (κ2) is 12.2. The van der Waals surface area contributed by atoms with E-state index in [0.717, 1.165) is 5.92 Å². The number of hydrogen-bond acceptors (Lipinski definition) is 0. The molecule has 0 aliphatic carbocycles. The largest absolute Gasteiger partial charge is 0.412 e. The highest BCUT2D eigenvalue weighted by Gasteiger charge is 1.96. The third-order valence-corrected chi connectivity index (χ3v) is 1.73. The Morgan fingerprint density at radius 3 is 1.94 bits per heavy atom. The summed E-state index contributed by atoms with van der Waals surface area (Å²) in [6.45, 7) is 10.9. The van der Waals surface area contributed by atoms with Crippen LogP contribution in [0.5, 0.6) is 0 Å². The van der Waals surface area contributed by atoms with Crippen LogP contribution in [-0.2, 0) is 6.42 Å². The first-order valence-corrected chi connectivity index (χ1v) is 5.65. The highest BCUT2D eigenvalue weighted by atomic mass is 16.0. The van der Waals surface area contributed by atoms with Gasteiger partial charge in [-0.3, -0.25) is 0 Å². The maximum atomic E-state index is 2.26. The monoisotopic (exact) mass is 228 g/mol. The summed E-state index contributed by atoms with van der Waals surface area (Å²) >= 11 is 0. The van der Waals surface area contributed by atoms with Crippen LogP contribution in [0.1, 0.15) is 45.2 Å². The van der Waals surface area contributed by atoms with Crippen LogP contribution in [0, 0.1) is 12.8 Å². The van der Waals surface area contributed by atoms with Gasteiger partial charge in [-0.15, -0.1) is 0 Å². The minimum absolute atomic E-state index is 0. The molecule has 0 aliphatic heterocycles. The van der Waals surface area contributed by atoms with Crippen LogP contribution in [0.3, 0.4) is 0 Å². The van der Waals surface area contributed by atoms with Gasteiger partial charge >= 0.3 is 0 Å². The molecule has 0 saturated heterocycles. The molecule has 0 aliphatic rings. The van der Waals surface area contributed by atoms with Crippen molar-refractivity contribution in [2.24, 2.45) is 5.92 Å². The number of aryl methyl sites for hydroxylation is 1. The second-order valence-corrected chi connectivity index (χ2v) is 4.29. The van der Waals surface area contributed by atoms with E-state index < -0.39 is 0 Å². The summed E-state index contributed by atoms with van der Waals surface area (Å²) in [7, 11) is 0.